The van der Waals surface area contributed by atoms with E-state index in [4.69, 9.17) is 9.47 Å². The molecule has 2 aromatic heterocycles. The number of aromatic nitrogens is 2. The van der Waals surface area contributed by atoms with Crippen LogP contribution in [0.4, 0.5) is 5.69 Å². The van der Waals surface area contributed by atoms with Crippen molar-refractivity contribution < 1.29 is 19.1 Å². The van der Waals surface area contributed by atoms with Gasteiger partial charge in [-0.05, 0) is 38.3 Å². The highest BCUT2D eigenvalue weighted by Gasteiger charge is 2.17. The number of hydrogen-bond donors (Lipinski definition) is 1. The molecule has 2 aromatic rings. The fourth-order valence-corrected chi connectivity index (χ4v) is 2.81. The summed E-state index contributed by atoms with van der Waals surface area (Å²) in [6, 6.07) is 3.47. The van der Waals surface area contributed by atoms with Crippen LogP contribution < -0.4 is 5.32 Å². The molecular formula is C17H21N3O4. The van der Waals surface area contributed by atoms with Crippen LogP contribution in [0.2, 0.25) is 0 Å². The SMILES string of the molecule is CCOC(=O)c1cnn2ccc(NC(=O)CCC3CCCO3)cc12. The van der Waals surface area contributed by atoms with Crippen LogP contribution in [0.1, 0.15) is 43.0 Å². The van der Waals surface area contributed by atoms with E-state index in [-0.39, 0.29) is 12.0 Å². The number of ether oxygens (including phenoxy) is 2. The molecule has 1 aliphatic heterocycles. The number of hydrogen-bond acceptors (Lipinski definition) is 5. The highest BCUT2D eigenvalue weighted by Crippen LogP contribution is 2.19. The predicted octanol–water partition coefficient (Wildman–Crippen LogP) is 2.41. The lowest BCUT2D eigenvalue weighted by Gasteiger charge is -2.09. The Morgan fingerprint density at radius 2 is 2.38 bits per heavy atom. The van der Waals surface area contributed by atoms with Gasteiger partial charge in [0.25, 0.3) is 0 Å². The zero-order valence-electron chi connectivity index (χ0n) is 13.7. The van der Waals surface area contributed by atoms with Crippen molar-refractivity contribution in [2.24, 2.45) is 0 Å². The molecule has 1 atom stereocenters. The molecule has 1 amide bonds. The number of anilines is 1. The maximum absolute atomic E-state index is 12.1. The predicted molar refractivity (Wildman–Crippen MR) is 88.0 cm³/mol. The fourth-order valence-electron chi connectivity index (χ4n) is 2.81. The monoisotopic (exact) mass is 331 g/mol. The van der Waals surface area contributed by atoms with Crippen molar-refractivity contribution in [3.63, 3.8) is 0 Å². The first-order valence-corrected chi connectivity index (χ1v) is 8.23. The molecule has 1 fully saturated rings. The van der Waals surface area contributed by atoms with E-state index in [1.165, 1.54) is 6.20 Å². The van der Waals surface area contributed by atoms with Crippen LogP contribution in [0.25, 0.3) is 5.52 Å². The van der Waals surface area contributed by atoms with Crippen molar-refractivity contribution in [2.75, 3.05) is 18.5 Å². The van der Waals surface area contributed by atoms with Crippen LogP contribution in [0.3, 0.4) is 0 Å². The number of fused-ring (bicyclic) bond motifs is 1. The Bertz CT molecular complexity index is 735. The Hall–Kier alpha value is -2.41. The third-order valence-electron chi connectivity index (χ3n) is 4.02. The molecule has 0 bridgehead atoms. The molecular weight excluding hydrogens is 310 g/mol. The number of carbonyl (C=O) groups is 2. The van der Waals surface area contributed by atoms with Gasteiger partial charge in [-0.25, -0.2) is 9.31 Å². The van der Waals surface area contributed by atoms with Gasteiger partial charge in [0, 0.05) is 24.9 Å². The second-order valence-electron chi connectivity index (χ2n) is 5.75. The zero-order valence-corrected chi connectivity index (χ0v) is 13.7. The summed E-state index contributed by atoms with van der Waals surface area (Å²) in [6.45, 7) is 2.85. The molecule has 0 saturated carbocycles. The van der Waals surface area contributed by atoms with E-state index >= 15 is 0 Å². The molecule has 1 N–H and O–H groups in total. The van der Waals surface area contributed by atoms with Gasteiger partial charge in [-0.1, -0.05) is 0 Å². The third kappa shape index (κ3) is 3.73. The first-order chi connectivity index (χ1) is 11.7. The van der Waals surface area contributed by atoms with Gasteiger partial charge in [-0.3, -0.25) is 4.79 Å². The maximum Gasteiger partial charge on any atom is 0.341 e. The standard InChI is InChI=1S/C17H21N3O4/c1-2-23-17(22)14-11-18-20-8-7-12(10-15(14)20)19-16(21)6-5-13-4-3-9-24-13/h7-8,10-11,13H,2-6,9H2,1H3,(H,19,21). The van der Waals surface area contributed by atoms with E-state index in [9.17, 15) is 9.59 Å². The van der Waals surface area contributed by atoms with Gasteiger partial charge >= 0.3 is 5.97 Å². The summed E-state index contributed by atoms with van der Waals surface area (Å²) in [5, 5.41) is 6.98. The second-order valence-corrected chi connectivity index (χ2v) is 5.75. The van der Waals surface area contributed by atoms with Crippen molar-refractivity contribution in [1.82, 2.24) is 9.61 Å². The number of amides is 1. The topological polar surface area (TPSA) is 81.9 Å². The number of esters is 1. The van der Waals surface area contributed by atoms with Gasteiger partial charge in [-0.15, -0.1) is 0 Å². The molecule has 1 saturated heterocycles. The molecule has 3 rings (SSSR count). The zero-order chi connectivity index (χ0) is 16.9. The number of pyridine rings is 1. The average molecular weight is 331 g/mol. The van der Waals surface area contributed by atoms with E-state index in [1.54, 1.807) is 29.8 Å². The van der Waals surface area contributed by atoms with Crippen molar-refractivity contribution in [3.05, 3.63) is 30.1 Å². The van der Waals surface area contributed by atoms with Crippen molar-refractivity contribution >= 4 is 23.1 Å². The minimum atomic E-state index is -0.422. The Morgan fingerprint density at radius 1 is 1.50 bits per heavy atom. The smallest absolute Gasteiger partial charge is 0.341 e. The second kappa shape index (κ2) is 7.44. The lowest BCUT2D eigenvalue weighted by atomic mass is 10.1. The molecule has 1 unspecified atom stereocenters. The Labute approximate surface area is 139 Å². The maximum atomic E-state index is 12.1. The van der Waals surface area contributed by atoms with E-state index in [0.717, 1.165) is 25.9 Å². The highest BCUT2D eigenvalue weighted by molar-refractivity contribution is 5.98. The van der Waals surface area contributed by atoms with Crippen molar-refractivity contribution in [3.8, 4) is 0 Å². The molecule has 24 heavy (non-hydrogen) atoms. The Kier molecular flexibility index (Phi) is 5.10. The van der Waals surface area contributed by atoms with Crippen LogP contribution in [0.15, 0.2) is 24.5 Å². The molecule has 0 spiro atoms. The Morgan fingerprint density at radius 3 is 3.12 bits per heavy atom. The number of rotatable bonds is 6. The van der Waals surface area contributed by atoms with Crippen LogP contribution in [-0.2, 0) is 14.3 Å². The molecule has 7 heteroatoms. The summed E-state index contributed by atoms with van der Waals surface area (Å²) in [6.07, 6.45) is 6.61. The largest absolute Gasteiger partial charge is 0.462 e. The van der Waals surface area contributed by atoms with Crippen LogP contribution >= 0.6 is 0 Å². The van der Waals surface area contributed by atoms with E-state index in [1.807, 2.05) is 0 Å². The van der Waals surface area contributed by atoms with Gasteiger partial charge < -0.3 is 14.8 Å². The van der Waals surface area contributed by atoms with Gasteiger partial charge in [-0.2, -0.15) is 5.10 Å². The Balaban J connectivity index is 1.66. The van der Waals surface area contributed by atoms with Crippen molar-refractivity contribution in [2.45, 2.75) is 38.7 Å². The van der Waals surface area contributed by atoms with E-state index < -0.39 is 5.97 Å². The molecule has 0 aromatic carbocycles. The normalized spacial score (nSPS) is 17.1. The molecule has 0 radical (unpaired) electrons. The molecule has 128 valence electrons. The minimum Gasteiger partial charge on any atom is -0.462 e. The molecule has 0 aliphatic carbocycles. The quantitative estimate of drug-likeness (QED) is 0.822. The van der Waals surface area contributed by atoms with Crippen molar-refractivity contribution in [1.29, 1.82) is 0 Å². The molecule has 7 nitrogen and oxygen atoms in total. The first kappa shape index (κ1) is 16.4. The van der Waals surface area contributed by atoms with Gasteiger partial charge in [0.15, 0.2) is 0 Å². The van der Waals surface area contributed by atoms with Crippen LogP contribution in [-0.4, -0.2) is 40.8 Å². The lowest BCUT2D eigenvalue weighted by molar-refractivity contribution is -0.116. The van der Waals surface area contributed by atoms with E-state index in [2.05, 4.69) is 10.4 Å². The minimum absolute atomic E-state index is 0.0629. The summed E-state index contributed by atoms with van der Waals surface area (Å²) < 4.78 is 12.1. The number of nitrogens with one attached hydrogen (secondary N) is 1. The molecule has 3 heterocycles. The van der Waals surface area contributed by atoms with Gasteiger partial charge in [0.05, 0.1) is 24.4 Å². The fraction of sp³-hybridized carbons (Fsp3) is 0.471. The summed E-state index contributed by atoms with van der Waals surface area (Å²) in [5.41, 5.74) is 1.61. The first-order valence-electron chi connectivity index (χ1n) is 8.23. The summed E-state index contributed by atoms with van der Waals surface area (Å²) in [4.78, 5) is 24.0. The summed E-state index contributed by atoms with van der Waals surface area (Å²) in [5.74, 6) is -0.485. The van der Waals surface area contributed by atoms with Crippen LogP contribution in [0.5, 0.6) is 0 Å². The molecule has 1 aliphatic rings. The average Bonchev–Trinajstić information content (AvgIpc) is 3.22. The number of nitrogens with zero attached hydrogens (tertiary/aromatic N) is 2. The number of carbonyl (C=O) groups excluding carboxylic acids is 2. The third-order valence-corrected chi connectivity index (χ3v) is 4.02. The summed E-state index contributed by atoms with van der Waals surface area (Å²) >= 11 is 0. The lowest BCUT2D eigenvalue weighted by Crippen LogP contribution is -2.15. The van der Waals surface area contributed by atoms with Crippen LogP contribution in [0, 0.1) is 0 Å². The van der Waals surface area contributed by atoms with E-state index in [0.29, 0.717) is 29.8 Å². The van der Waals surface area contributed by atoms with Gasteiger partial charge in [0.1, 0.15) is 5.56 Å². The summed E-state index contributed by atoms with van der Waals surface area (Å²) in [7, 11) is 0. The highest BCUT2D eigenvalue weighted by atomic mass is 16.5. The van der Waals surface area contributed by atoms with Gasteiger partial charge in [0.2, 0.25) is 5.91 Å².